The number of aldehydes is 1. The Hall–Kier alpha value is -1.16. The lowest BCUT2D eigenvalue weighted by molar-refractivity contribution is -0.115. The van der Waals surface area contributed by atoms with Gasteiger partial charge in [-0.3, -0.25) is 0 Å². The van der Waals surface area contributed by atoms with E-state index in [2.05, 4.69) is 0 Å². The van der Waals surface area contributed by atoms with Crippen LogP contribution in [0.4, 0.5) is 0 Å². The molecule has 0 bridgehead atoms. The van der Waals surface area contributed by atoms with Crippen molar-refractivity contribution < 1.29 is 13.2 Å². The zero-order chi connectivity index (χ0) is 16.9. The predicted molar refractivity (Wildman–Crippen MR) is 88.3 cm³/mol. The molecule has 0 fully saturated rings. The minimum atomic E-state index is -3.58. The van der Waals surface area contributed by atoms with Crippen LogP contribution < -0.4 is 0 Å². The Balaban J connectivity index is 0.00000191. The number of rotatable bonds is 5. The topological polar surface area (TPSA) is 51.2 Å². The number of carbonyl (C=O) groups is 1. The van der Waals surface area contributed by atoms with E-state index in [1.165, 1.54) is 0 Å². The first kappa shape index (κ1) is 19.8. The third kappa shape index (κ3) is 3.54. The van der Waals surface area contributed by atoms with Gasteiger partial charge < -0.3 is 4.79 Å². The first-order chi connectivity index (χ1) is 9.61. The minimum absolute atomic E-state index is 0.331. The van der Waals surface area contributed by atoms with Crippen LogP contribution in [0.1, 0.15) is 54.0 Å². The molecule has 0 spiro atoms. The second-order valence-corrected chi connectivity index (χ2v) is 8.28. The molecular weight excluding hydrogens is 284 g/mol. The molecular formula is C17H28O3S. The molecule has 0 aliphatic rings. The Labute approximate surface area is 129 Å². The van der Waals surface area contributed by atoms with Gasteiger partial charge in [0.1, 0.15) is 6.29 Å². The van der Waals surface area contributed by atoms with Crippen LogP contribution in [0.25, 0.3) is 0 Å². The molecule has 0 aromatic heterocycles. The first-order valence-electron chi connectivity index (χ1n) is 7.40. The van der Waals surface area contributed by atoms with Gasteiger partial charge in [0.25, 0.3) is 0 Å². The van der Waals surface area contributed by atoms with Crippen molar-refractivity contribution in [1.82, 2.24) is 0 Å². The molecule has 1 rings (SSSR count). The van der Waals surface area contributed by atoms with Crippen molar-refractivity contribution in [2.45, 2.75) is 64.5 Å². The van der Waals surface area contributed by atoms with Crippen LogP contribution in [-0.2, 0) is 21.1 Å². The Morgan fingerprint density at radius 2 is 1.52 bits per heavy atom. The fraction of sp³-hybridized carbons (Fsp3) is 0.588. The smallest absolute Gasteiger partial charge is 0.184 e. The molecule has 0 radical (unpaired) electrons. The lowest BCUT2D eigenvalue weighted by atomic mass is 9.82. The van der Waals surface area contributed by atoms with Crippen molar-refractivity contribution in [2.75, 3.05) is 0 Å². The SMILES string of the molecule is CC.CCc1ccccc1S(=O)(=O)C(C)(C)C(C)(C)C=O. The highest BCUT2D eigenvalue weighted by atomic mass is 32.2. The summed E-state index contributed by atoms with van der Waals surface area (Å²) in [5.41, 5.74) is -0.163. The zero-order valence-corrected chi connectivity index (χ0v) is 15.0. The zero-order valence-electron chi connectivity index (χ0n) is 14.2. The summed E-state index contributed by atoms with van der Waals surface area (Å²) in [6.07, 6.45) is 1.37. The average molecular weight is 312 g/mol. The number of benzene rings is 1. The van der Waals surface area contributed by atoms with Crippen LogP contribution in [0.15, 0.2) is 29.2 Å². The van der Waals surface area contributed by atoms with E-state index in [1.807, 2.05) is 32.9 Å². The van der Waals surface area contributed by atoms with Crippen LogP contribution in [0.5, 0.6) is 0 Å². The van der Waals surface area contributed by atoms with Crippen LogP contribution in [-0.4, -0.2) is 19.5 Å². The summed E-state index contributed by atoms with van der Waals surface area (Å²) in [5.74, 6) is 0. The third-order valence-corrected chi connectivity index (χ3v) is 7.01. The Kier molecular flexibility index (Phi) is 6.81. The minimum Gasteiger partial charge on any atom is -0.303 e. The van der Waals surface area contributed by atoms with Crippen LogP contribution in [0.2, 0.25) is 0 Å². The number of hydrogen-bond acceptors (Lipinski definition) is 3. The van der Waals surface area contributed by atoms with Crippen LogP contribution in [0, 0.1) is 5.41 Å². The van der Waals surface area contributed by atoms with E-state index in [4.69, 9.17) is 0 Å². The maximum atomic E-state index is 12.9. The number of hydrogen-bond donors (Lipinski definition) is 0. The fourth-order valence-corrected chi connectivity index (χ4v) is 3.93. The molecule has 0 aliphatic heterocycles. The van der Waals surface area contributed by atoms with E-state index in [-0.39, 0.29) is 0 Å². The summed E-state index contributed by atoms with van der Waals surface area (Å²) in [5, 5.41) is 0. The molecule has 1 aromatic rings. The van der Waals surface area contributed by atoms with Crippen LogP contribution >= 0.6 is 0 Å². The maximum absolute atomic E-state index is 12.9. The first-order valence-corrected chi connectivity index (χ1v) is 8.89. The third-order valence-electron chi connectivity index (χ3n) is 4.16. The molecule has 0 unspecified atom stereocenters. The highest BCUT2D eigenvalue weighted by Crippen LogP contribution is 2.40. The van der Waals surface area contributed by atoms with Crippen molar-refractivity contribution in [2.24, 2.45) is 5.41 Å². The Bertz CT molecular complexity index is 569. The summed E-state index contributed by atoms with van der Waals surface area (Å²) in [6, 6.07) is 6.99. The van der Waals surface area contributed by atoms with Gasteiger partial charge in [0.15, 0.2) is 9.84 Å². The summed E-state index contributed by atoms with van der Waals surface area (Å²) in [4.78, 5) is 11.6. The van der Waals surface area contributed by atoms with Gasteiger partial charge in [-0.2, -0.15) is 0 Å². The second-order valence-electron chi connectivity index (χ2n) is 5.81. The summed E-state index contributed by atoms with van der Waals surface area (Å²) >= 11 is 0. The van der Waals surface area contributed by atoms with Gasteiger partial charge >= 0.3 is 0 Å². The molecule has 0 saturated carbocycles. The van der Waals surface area contributed by atoms with Gasteiger partial charge in [0, 0.05) is 5.41 Å². The second kappa shape index (κ2) is 7.21. The van der Waals surface area contributed by atoms with Gasteiger partial charge in [-0.25, -0.2) is 8.42 Å². The summed E-state index contributed by atoms with van der Waals surface area (Å²) < 4.78 is 24.6. The largest absolute Gasteiger partial charge is 0.303 e. The molecule has 1 aromatic carbocycles. The fourth-order valence-electron chi connectivity index (χ4n) is 1.82. The van der Waals surface area contributed by atoms with E-state index in [0.29, 0.717) is 11.3 Å². The number of sulfone groups is 1. The molecule has 0 atom stereocenters. The normalized spacial score (nSPS) is 12.3. The predicted octanol–water partition coefficient (Wildman–Crippen LogP) is 4.05. The lowest BCUT2D eigenvalue weighted by Crippen LogP contribution is -2.47. The average Bonchev–Trinajstić information content (AvgIpc) is 2.48. The lowest BCUT2D eigenvalue weighted by Gasteiger charge is -2.37. The van der Waals surface area contributed by atoms with E-state index in [9.17, 15) is 13.2 Å². The quantitative estimate of drug-likeness (QED) is 0.771. The van der Waals surface area contributed by atoms with Crippen molar-refractivity contribution in [3.05, 3.63) is 29.8 Å². The molecule has 0 amide bonds. The highest BCUT2D eigenvalue weighted by molar-refractivity contribution is 7.93. The summed E-state index contributed by atoms with van der Waals surface area (Å²) in [7, 11) is -3.58. The Morgan fingerprint density at radius 1 is 1.05 bits per heavy atom. The van der Waals surface area contributed by atoms with E-state index < -0.39 is 20.0 Å². The van der Waals surface area contributed by atoms with E-state index >= 15 is 0 Å². The van der Waals surface area contributed by atoms with Gasteiger partial charge in [-0.05, 0) is 31.9 Å². The number of carbonyl (C=O) groups excluding carboxylic acids is 1. The Morgan fingerprint density at radius 3 is 1.95 bits per heavy atom. The van der Waals surface area contributed by atoms with Gasteiger partial charge in [0.05, 0.1) is 9.64 Å². The van der Waals surface area contributed by atoms with Crippen molar-refractivity contribution >= 4 is 16.1 Å². The maximum Gasteiger partial charge on any atom is 0.184 e. The number of aryl methyl sites for hydroxylation is 1. The molecule has 3 nitrogen and oxygen atoms in total. The van der Waals surface area contributed by atoms with E-state index in [0.717, 1.165) is 11.8 Å². The van der Waals surface area contributed by atoms with Gasteiger partial charge in [-0.1, -0.05) is 52.8 Å². The molecule has 4 heteroatoms. The van der Waals surface area contributed by atoms with Gasteiger partial charge in [-0.15, -0.1) is 0 Å². The van der Waals surface area contributed by atoms with Crippen molar-refractivity contribution in [3.8, 4) is 0 Å². The molecule has 0 saturated heterocycles. The molecule has 0 N–H and O–H groups in total. The molecule has 0 heterocycles. The van der Waals surface area contributed by atoms with E-state index in [1.54, 1.807) is 39.8 Å². The molecule has 120 valence electrons. The van der Waals surface area contributed by atoms with Crippen molar-refractivity contribution in [1.29, 1.82) is 0 Å². The standard InChI is InChI=1S/C15H22O3S.C2H6/c1-6-12-9-7-8-10-13(12)19(17,18)15(4,5)14(2,3)11-16;1-2/h7-11H,6H2,1-5H3;1-2H3. The van der Waals surface area contributed by atoms with Crippen LogP contribution in [0.3, 0.4) is 0 Å². The molecule has 21 heavy (non-hydrogen) atoms. The van der Waals surface area contributed by atoms with Crippen molar-refractivity contribution in [3.63, 3.8) is 0 Å². The summed E-state index contributed by atoms with van der Waals surface area (Å²) in [6.45, 7) is 12.5. The van der Waals surface area contributed by atoms with Gasteiger partial charge in [0.2, 0.25) is 0 Å². The highest BCUT2D eigenvalue weighted by Gasteiger charge is 2.48. The molecule has 0 aliphatic carbocycles. The monoisotopic (exact) mass is 312 g/mol.